The average molecular weight is 571 g/mol. The lowest BCUT2D eigenvalue weighted by Crippen LogP contribution is -2.67. The summed E-state index contributed by atoms with van der Waals surface area (Å²) in [5, 5.41) is 8.49. The maximum atomic E-state index is 13.0. The van der Waals surface area contributed by atoms with Gasteiger partial charge >= 0.3 is 5.97 Å². The van der Waals surface area contributed by atoms with Crippen molar-refractivity contribution in [1.82, 2.24) is 9.97 Å². The van der Waals surface area contributed by atoms with E-state index in [9.17, 15) is 4.79 Å². The van der Waals surface area contributed by atoms with Crippen LogP contribution in [-0.2, 0) is 20.5 Å². The van der Waals surface area contributed by atoms with Crippen LogP contribution in [0, 0.1) is 0 Å². The summed E-state index contributed by atoms with van der Waals surface area (Å²) in [7, 11) is 0.159. The Morgan fingerprint density at radius 3 is 2.02 bits per heavy atom. The monoisotopic (exact) mass is 570 g/mol. The summed E-state index contributed by atoms with van der Waals surface area (Å²) < 4.78 is 17.4. The first-order chi connectivity index (χ1) is 19.8. The molecular weight excluding hydrogens is 532 g/mol. The maximum Gasteiger partial charge on any atom is 0.330 e. The molecule has 0 saturated carbocycles. The zero-order chi connectivity index (χ0) is 29.3. The minimum atomic E-state index is -2.86. The Morgan fingerprint density at radius 2 is 1.49 bits per heavy atom. The number of methoxy groups -OCH3 is 2. The molecule has 4 aromatic rings. The topological polar surface area (TPSA) is 94.6 Å². The Kier molecular flexibility index (Phi) is 9.75. The Bertz CT molecular complexity index is 1360. The Hall–Kier alpha value is -4.21. The van der Waals surface area contributed by atoms with Gasteiger partial charge < -0.3 is 24.5 Å². The Morgan fingerprint density at radius 1 is 0.878 bits per heavy atom. The van der Waals surface area contributed by atoms with E-state index in [1.165, 1.54) is 7.11 Å². The second kappa shape index (κ2) is 13.4. The smallest absolute Gasteiger partial charge is 0.330 e. The molecule has 0 amide bonds. The minimum Gasteiger partial charge on any atom is -0.497 e. The van der Waals surface area contributed by atoms with Gasteiger partial charge in [0.25, 0.3) is 8.32 Å². The van der Waals surface area contributed by atoms with Gasteiger partial charge in [0, 0.05) is 12.7 Å². The van der Waals surface area contributed by atoms with Crippen LogP contribution in [0.2, 0.25) is 5.04 Å². The molecule has 8 nitrogen and oxygen atoms in total. The van der Waals surface area contributed by atoms with Gasteiger partial charge in [0.2, 0.25) is 5.95 Å². The third kappa shape index (κ3) is 7.11. The number of carbonyl (C=O) groups excluding carboxylic acids is 1. The second-order valence-corrected chi connectivity index (χ2v) is 15.0. The third-order valence-electron chi connectivity index (χ3n) is 6.96. The number of aromatic nitrogens is 2. The zero-order valence-corrected chi connectivity index (χ0v) is 25.3. The van der Waals surface area contributed by atoms with E-state index in [-0.39, 0.29) is 11.6 Å². The first kappa shape index (κ1) is 29.8. The molecule has 0 saturated heterocycles. The molecule has 0 aliphatic carbocycles. The summed E-state index contributed by atoms with van der Waals surface area (Å²) in [5.74, 6) is 1.28. The molecule has 1 aromatic heterocycles. The van der Waals surface area contributed by atoms with E-state index in [2.05, 4.69) is 65.6 Å². The van der Waals surface area contributed by atoms with Crippen LogP contribution in [0.15, 0.2) is 97.2 Å². The van der Waals surface area contributed by atoms with Gasteiger partial charge in [-0.3, -0.25) is 0 Å². The standard InChI is InChI=1S/C32H38N4O4Si/c1-32(2,3)41(26-12-8-6-9-13-26,27-14-10-7-11-15-27)40-23-28(30(37)39-5)35-29-20-21-33-31(36-29)34-22-24-16-18-25(38-4)19-17-24/h6-21,28H,22-23H2,1-5H3,(H2,33,34,35,36)/t28-/m1/s1. The summed E-state index contributed by atoms with van der Waals surface area (Å²) in [6, 6.07) is 29.3. The van der Waals surface area contributed by atoms with Gasteiger partial charge in [0.15, 0.2) is 0 Å². The van der Waals surface area contributed by atoms with E-state index in [1.807, 2.05) is 60.7 Å². The van der Waals surface area contributed by atoms with Crippen molar-refractivity contribution in [1.29, 1.82) is 0 Å². The van der Waals surface area contributed by atoms with E-state index in [0.29, 0.717) is 18.3 Å². The molecule has 1 atom stereocenters. The molecule has 0 spiro atoms. The lowest BCUT2D eigenvalue weighted by Gasteiger charge is -2.43. The quantitative estimate of drug-likeness (QED) is 0.188. The second-order valence-electron chi connectivity index (χ2n) is 10.7. The number of nitrogens with one attached hydrogen (secondary N) is 2. The van der Waals surface area contributed by atoms with Crippen LogP contribution in [-0.4, -0.2) is 51.1 Å². The number of anilines is 2. The molecule has 0 fully saturated rings. The summed E-state index contributed by atoms with van der Waals surface area (Å²) >= 11 is 0. The lowest BCUT2D eigenvalue weighted by molar-refractivity contribution is -0.142. The van der Waals surface area contributed by atoms with Crippen molar-refractivity contribution in [3.63, 3.8) is 0 Å². The number of rotatable bonds is 12. The van der Waals surface area contributed by atoms with E-state index in [1.54, 1.807) is 19.4 Å². The van der Waals surface area contributed by atoms with Gasteiger partial charge in [-0.25, -0.2) is 9.78 Å². The molecule has 0 aliphatic rings. The molecule has 2 N–H and O–H groups in total. The average Bonchev–Trinajstić information content (AvgIpc) is 3.00. The maximum absolute atomic E-state index is 13.0. The Labute approximate surface area is 243 Å². The number of hydrogen-bond donors (Lipinski definition) is 2. The van der Waals surface area contributed by atoms with Crippen molar-refractivity contribution in [2.75, 3.05) is 31.5 Å². The van der Waals surface area contributed by atoms with Crippen molar-refractivity contribution in [2.45, 2.75) is 38.4 Å². The normalized spacial score (nSPS) is 12.3. The predicted octanol–water partition coefficient (Wildman–Crippen LogP) is 4.63. The molecule has 1 heterocycles. The van der Waals surface area contributed by atoms with Crippen LogP contribution in [0.4, 0.5) is 11.8 Å². The molecule has 0 aliphatic heterocycles. The van der Waals surface area contributed by atoms with E-state index >= 15 is 0 Å². The SMILES string of the molecule is COC(=O)[C@@H](CO[Si](c1ccccc1)(c1ccccc1)C(C)(C)C)Nc1ccnc(NCc2ccc(OC)cc2)n1. The van der Waals surface area contributed by atoms with Crippen molar-refractivity contribution in [3.05, 3.63) is 103 Å². The molecular formula is C32H38N4O4Si. The summed E-state index contributed by atoms with van der Waals surface area (Å²) in [5.41, 5.74) is 1.05. The highest BCUT2D eigenvalue weighted by Gasteiger charge is 2.50. The van der Waals surface area contributed by atoms with Crippen molar-refractivity contribution in [3.8, 4) is 5.75 Å². The van der Waals surface area contributed by atoms with Crippen LogP contribution >= 0.6 is 0 Å². The highest BCUT2D eigenvalue weighted by molar-refractivity contribution is 6.99. The Balaban J connectivity index is 1.57. The van der Waals surface area contributed by atoms with Gasteiger partial charge in [-0.2, -0.15) is 4.98 Å². The molecule has 0 radical (unpaired) electrons. The van der Waals surface area contributed by atoms with Crippen LogP contribution in [0.5, 0.6) is 5.75 Å². The van der Waals surface area contributed by atoms with Crippen LogP contribution in [0.25, 0.3) is 0 Å². The van der Waals surface area contributed by atoms with E-state index < -0.39 is 20.3 Å². The molecule has 3 aromatic carbocycles. The molecule has 0 bridgehead atoms. The van der Waals surface area contributed by atoms with Gasteiger partial charge in [0.05, 0.1) is 20.8 Å². The highest BCUT2D eigenvalue weighted by Crippen LogP contribution is 2.37. The van der Waals surface area contributed by atoms with Gasteiger partial charge in [-0.1, -0.05) is 93.6 Å². The minimum absolute atomic E-state index is 0.0958. The van der Waals surface area contributed by atoms with E-state index in [0.717, 1.165) is 21.7 Å². The van der Waals surface area contributed by atoms with Crippen LogP contribution < -0.4 is 25.7 Å². The van der Waals surface area contributed by atoms with Gasteiger partial charge in [0.1, 0.15) is 17.6 Å². The van der Waals surface area contributed by atoms with Crippen molar-refractivity contribution in [2.24, 2.45) is 0 Å². The molecule has 0 unspecified atom stereocenters. The fraction of sp³-hybridized carbons (Fsp3) is 0.281. The molecule has 4 rings (SSSR count). The van der Waals surface area contributed by atoms with Gasteiger partial charge in [-0.15, -0.1) is 0 Å². The first-order valence-corrected chi connectivity index (χ1v) is 15.5. The molecule has 41 heavy (non-hydrogen) atoms. The number of nitrogens with zero attached hydrogens (tertiary/aromatic N) is 2. The predicted molar refractivity (Wildman–Crippen MR) is 165 cm³/mol. The van der Waals surface area contributed by atoms with Crippen LogP contribution in [0.3, 0.4) is 0 Å². The fourth-order valence-corrected chi connectivity index (χ4v) is 9.48. The molecule has 9 heteroatoms. The highest BCUT2D eigenvalue weighted by atomic mass is 28.4. The summed E-state index contributed by atoms with van der Waals surface area (Å²) in [6.45, 7) is 7.23. The zero-order valence-electron chi connectivity index (χ0n) is 24.3. The first-order valence-electron chi connectivity index (χ1n) is 13.6. The van der Waals surface area contributed by atoms with Gasteiger partial charge in [-0.05, 0) is 39.2 Å². The largest absolute Gasteiger partial charge is 0.497 e. The number of esters is 1. The van der Waals surface area contributed by atoms with Crippen molar-refractivity contribution < 1.29 is 18.7 Å². The number of carbonyl (C=O) groups is 1. The number of ether oxygens (including phenoxy) is 2. The number of benzene rings is 3. The molecule has 214 valence electrons. The summed E-state index contributed by atoms with van der Waals surface area (Å²) in [4.78, 5) is 21.9. The fourth-order valence-electron chi connectivity index (χ4n) is 4.91. The number of hydrogen-bond acceptors (Lipinski definition) is 8. The van der Waals surface area contributed by atoms with E-state index in [4.69, 9.17) is 13.9 Å². The van der Waals surface area contributed by atoms with Crippen LogP contribution in [0.1, 0.15) is 26.3 Å². The van der Waals surface area contributed by atoms with Crippen molar-refractivity contribution >= 4 is 36.4 Å². The summed E-state index contributed by atoms with van der Waals surface area (Å²) in [6.07, 6.45) is 1.64. The third-order valence-corrected chi connectivity index (χ3v) is 12.0. The lowest BCUT2D eigenvalue weighted by atomic mass is 10.2.